The quantitative estimate of drug-likeness (QED) is 0.869. The SMILES string of the molecule is CCCNC1CCC(O)(Cc2ccc(F)c(Cl)c2)CC1. The highest BCUT2D eigenvalue weighted by atomic mass is 35.5. The zero-order chi connectivity index (χ0) is 14.6. The lowest BCUT2D eigenvalue weighted by Crippen LogP contribution is -2.42. The Morgan fingerprint density at radius 1 is 1.40 bits per heavy atom. The van der Waals surface area contributed by atoms with Crippen LogP contribution in [0.5, 0.6) is 0 Å². The molecule has 1 saturated carbocycles. The highest BCUT2D eigenvalue weighted by Gasteiger charge is 2.33. The van der Waals surface area contributed by atoms with Gasteiger partial charge in [0.05, 0.1) is 10.6 Å². The number of aliphatic hydroxyl groups is 1. The minimum absolute atomic E-state index is 0.129. The van der Waals surface area contributed by atoms with Gasteiger partial charge in [-0.15, -0.1) is 0 Å². The van der Waals surface area contributed by atoms with Crippen molar-refractivity contribution in [3.63, 3.8) is 0 Å². The van der Waals surface area contributed by atoms with Gasteiger partial charge in [-0.1, -0.05) is 24.6 Å². The lowest BCUT2D eigenvalue weighted by atomic mass is 9.78. The molecule has 0 saturated heterocycles. The molecule has 2 nitrogen and oxygen atoms in total. The first-order valence-electron chi connectivity index (χ1n) is 7.42. The fourth-order valence-corrected chi connectivity index (χ4v) is 3.12. The van der Waals surface area contributed by atoms with Crippen molar-refractivity contribution < 1.29 is 9.50 Å². The van der Waals surface area contributed by atoms with Crippen LogP contribution in [0.15, 0.2) is 18.2 Å². The summed E-state index contributed by atoms with van der Waals surface area (Å²) in [4.78, 5) is 0. The first-order chi connectivity index (χ1) is 9.52. The van der Waals surface area contributed by atoms with Crippen LogP contribution in [-0.2, 0) is 6.42 Å². The summed E-state index contributed by atoms with van der Waals surface area (Å²) in [5, 5.41) is 14.3. The van der Waals surface area contributed by atoms with E-state index in [4.69, 9.17) is 11.6 Å². The van der Waals surface area contributed by atoms with Crippen molar-refractivity contribution >= 4 is 11.6 Å². The monoisotopic (exact) mass is 299 g/mol. The summed E-state index contributed by atoms with van der Waals surface area (Å²) < 4.78 is 13.1. The van der Waals surface area contributed by atoms with Crippen LogP contribution >= 0.6 is 11.6 Å². The summed E-state index contributed by atoms with van der Waals surface area (Å²) in [6.07, 6.45) is 5.23. The number of benzene rings is 1. The predicted octanol–water partition coefficient (Wildman–Crippen LogP) is 3.69. The van der Waals surface area contributed by atoms with E-state index in [0.717, 1.165) is 44.2 Å². The summed E-state index contributed by atoms with van der Waals surface area (Å²) in [6.45, 7) is 3.20. The van der Waals surface area contributed by atoms with E-state index in [-0.39, 0.29) is 5.02 Å². The average molecular weight is 300 g/mol. The first-order valence-corrected chi connectivity index (χ1v) is 7.80. The molecule has 1 aromatic carbocycles. The molecular formula is C16H23ClFNO. The Labute approximate surface area is 125 Å². The fourth-order valence-electron chi connectivity index (χ4n) is 2.91. The third-order valence-corrected chi connectivity index (χ3v) is 4.41. The topological polar surface area (TPSA) is 32.3 Å². The van der Waals surface area contributed by atoms with Gasteiger partial charge in [-0.3, -0.25) is 0 Å². The van der Waals surface area contributed by atoms with E-state index in [1.165, 1.54) is 6.07 Å². The Kier molecular flexibility index (Phi) is 5.42. The van der Waals surface area contributed by atoms with E-state index in [1.807, 2.05) is 0 Å². The molecule has 1 aromatic rings. The third-order valence-electron chi connectivity index (χ3n) is 4.12. The zero-order valence-electron chi connectivity index (χ0n) is 12.0. The second kappa shape index (κ2) is 6.88. The second-order valence-electron chi connectivity index (χ2n) is 5.88. The minimum atomic E-state index is -0.675. The van der Waals surface area contributed by atoms with Crippen molar-refractivity contribution in [3.05, 3.63) is 34.6 Å². The molecule has 1 aliphatic carbocycles. The lowest BCUT2D eigenvalue weighted by Gasteiger charge is -2.36. The van der Waals surface area contributed by atoms with Crippen LogP contribution in [0.1, 0.15) is 44.6 Å². The normalized spacial score (nSPS) is 26.7. The van der Waals surface area contributed by atoms with Crippen molar-refractivity contribution in [2.75, 3.05) is 6.54 Å². The van der Waals surface area contributed by atoms with Gasteiger partial charge >= 0.3 is 0 Å². The van der Waals surface area contributed by atoms with Gasteiger partial charge < -0.3 is 10.4 Å². The van der Waals surface area contributed by atoms with Gasteiger partial charge in [0.2, 0.25) is 0 Å². The maximum atomic E-state index is 13.1. The van der Waals surface area contributed by atoms with Gasteiger partial charge in [-0.2, -0.15) is 0 Å². The van der Waals surface area contributed by atoms with Gasteiger partial charge in [-0.25, -0.2) is 4.39 Å². The van der Waals surface area contributed by atoms with E-state index < -0.39 is 11.4 Å². The zero-order valence-corrected chi connectivity index (χ0v) is 12.7. The van der Waals surface area contributed by atoms with Crippen molar-refractivity contribution in [1.82, 2.24) is 5.32 Å². The number of rotatable bonds is 5. The molecule has 0 radical (unpaired) electrons. The van der Waals surface area contributed by atoms with Gasteiger partial charge in [0, 0.05) is 12.5 Å². The molecule has 20 heavy (non-hydrogen) atoms. The second-order valence-corrected chi connectivity index (χ2v) is 6.29. The molecule has 0 aliphatic heterocycles. The van der Waals surface area contributed by atoms with E-state index in [9.17, 15) is 9.50 Å². The van der Waals surface area contributed by atoms with Crippen molar-refractivity contribution in [2.45, 2.75) is 57.1 Å². The molecule has 0 atom stereocenters. The summed E-state index contributed by atoms with van der Waals surface area (Å²) in [5.74, 6) is -0.408. The number of hydrogen-bond donors (Lipinski definition) is 2. The molecule has 1 aliphatic rings. The Balaban J connectivity index is 1.91. The van der Waals surface area contributed by atoms with Crippen molar-refractivity contribution in [3.8, 4) is 0 Å². The maximum Gasteiger partial charge on any atom is 0.141 e. The van der Waals surface area contributed by atoms with Crippen molar-refractivity contribution in [1.29, 1.82) is 0 Å². The molecule has 0 unspecified atom stereocenters. The summed E-state index contributed by atoms with van der Waals surface area (Å²) >= 11 is 5.79. The maximum absolute atomic E-state index is 13.1. The highest BCUT2D eigenvalue weighted by molar-refractivity contribution is 6.30. The molecule has 0 heterocycles. The minimum Gasteiger partial charge on any atom is -0.390 e. The molecular weight excluding hydrogens is 277 g/mol. The van der Waals surface area contributed by atoms with E-state index in [2.05, 4.69) is 12.2 Å². The molecule has 0 bridgehead atoms. The van der Waals surface area contributed by atoms with Crippen LogP contribution in [0.4, 0.5) is 4.39 Å². The highest BCUT2D eigenvalue weighted by Crippen LogP contribution is 2.32. The first kappa shape index (κ1) is 15.7. The Bertz CT molecular complexity index is 444. The average Bonchev–Trinajstić information content (AvgIpc) is 2.42. The summed E-state index contributed by atoms with van der Waals surface area (Å²) in [5.41, 5.74) is 0.227. The molecule has 0 amide bonds. The van der Waals surface area contributed by atoms with Gasteiger partial charge in [0.15, 0.2) is 0 Å². The summed E-state index contributed by atoms with van der Waals surface area (Å²) in [7, 11) is 0. The van der Waals surface area contributed by atoms with Crippen LogP contribution in [0.3, 0.4) is 0 Å². The largest absolute Gasteiger partial charge is 0.390 e. The van der Waals surface area contributed by atoms with Crippen LogP contribution in [-0.4, -0.2) is 23.3 Å². The Morgan fingerprint density at radius 3 is 2.70 bits per heavy atom. The molecule has 0 aromatic heterocycles. The number of nitrogens with one attached hydrogen (secondary N) is 1. The standard InChI is InChI=1S/C16H23ClFNO/c1-2-9-19-13-5-7-16(20,8-6-13)11-12-3-4-15(18)14(17)10-12/h3-4,10,13,19-20H,2,5-9,11H2,1H3. The molecule has 0 spiro atoms. The summed E-state index contributed by atoms with van der Waals surface area (Å²) in [6, 6.07) is 5.22. The molecule has 2 rings (SSSR count). The van der Waals surface area contributed by atoms with E-state index in [1.54, 1.807) is 12.1 Å². The molecule has 112 valence electrons. The molecule has 2 N–H and O–H groups in total. The Morgan fingerprint density at radius 2 is 2.10 bits per heavy atom. The van der Waals surface area contributed by atoms with Gasteiger partial charge in [0.1, 0.15) is 5.82 Å². The van der Waals surface area contributed by atoms with Crippen LogP contribution in [0.2, 0.25) is 5.02 Å². The van der Waals surface area contributed by atoms with Crippen molar-refractivity contribution in [2.24, 2.45) is 0 Å². The van der Waals surface area contributed by atoms with Crippen LogP contribution in [0.25, 0.3) is 0 Å². The van der Waals surface area contributed by atoms with Gasteiger partial charge in [0.25, 0.3) is 0 Å². The van der Waals surface area contributed by atoms with E-state index >= 15 is 0 Å². The van der Waals surface area contributed by atoms with Crippen LogP contribution in [0, 0.1) is 5.82 Å². The Hall–Kier alpha value is -0.640. The molecule has 4 heteroatoms. The van der Waals surface area contributed by atoms with Gasteiger partial charge in [-0.05, 0) is 56.3 Å². The lowest BCUT2D eigenvalue weighted by molar-refractivity contribution is -0.00307. The fraction of sp³-hybridized carbons (Fsp3) is 0.625. The molecule has 1 fully saturated rings. The van der Waals surface area contributed by atoms with Crippen LogP contribution < -0.4 is 5.32 Å². The number of hydrogen-bond acceptors (Lipinski definition) is 2. The smallest absolute Gasteiger partial charge is 0.141 e. The third kappa shape index (κ3) is 4.18. The van der Waals surface area contributed by atoms with E-state index in [0.29, 0.717) is 12.5 Å². The number of halogens is 2. The predicted molar refractivity (Wildman–Crippen MR) is 80.6 cm³/mol.